The lowest BCUT2D eigenvalue weighted by Gasteiger charge is -1.98. The van der Waals surface area contributed by atoms with Crippen LogP contribution in [0.25, 0.3) is 17.3 Å². The maximum absolute atomic E-state index is 4.38. The molecule has 0 aliphatic rings. The molecule has 1 aromatic carbocycles. The molecule has 0 fully saturated rings. The molecule has 0 saturated carbocycles. The van der Waals surface area contributed by atoms with Crippen LogP contribution in [0.2, 0.25) is 0 Å². The Morgan fingerprint density at radius 3 is 2.60 bits per heavy atom. The van der Waals surface area contributed by atoms with Gasteiger partial charge in [0.2, 0.25) is 0 Å². The highest BCUT2D eigenvalue weighted by atomic mass is 32.1. The molecule has 0 amide bonds. The van der Waals surface area contributed by atoms with Gasteiger partial charge in [0.15, 0.2) is 0 Å². The van der Waals surface area contributed by atoms with Crippen LogP contribution in [0.5, 0.6) is 0 Å². The van der Waals surface area contributed by atoms with E-state index in [1.165, 1.54) is 22.7 Å². The van der Waals surface area contributed by atoms with E-state index in [0.717, 1.165) is 17.0 Å². The van der Waals surface area contributed by atoms with Gasteiger partial charge in [0.25, 0.3) is 0 Å². The number of aromatic nitrogens is 1. The van der Waals surface area contributed by atoms with Gasteiger partial charge < -0.3 is 0 Å². The molecule has 0 aliphatic carbocycles. The number of rotatable bonds is 3. The second kappa shape index (κ2) is 4.41. The predicted octanol–water partition coefficient (Wildman–Crippen LogP) is 4.02. The van der Waals surface area contributed by atoms with Crippen molar-refractivity contribution in [1.29, 1.82) is 0 Å². The van der Waals surface area contributed by atoms with E-state index in [4.69, 9.17) is 0 Å². The molecule has 15 heavy (non-hydrogen) atoms. The fourth-order valence-electron chi connectivity index (χ4n) is 1.43. The lowest BCUT2D eigenvalue weighted by Crippen LogP contribution is -1.80. The molecule has 0 unspecified atom stereocenters. The molecule has 1 aromatic heterocycles. The summed E-state index contributed by atoms with van der Waals surface area (Å²) in [6.45, 7) is 5.90. The summed E-state index contributed by atoms with van der Waals surface area (Å²) in [7, 11) is 0. The minimum absolute atomic E-state index is 1.04. The zero-order valence-corrected chi connectivity index (χ0v) is 9.55. The first-order valence-corrected chi connectivity index (χ1v) is 5.79. The number of hydrogen-bond donors (Lipinski definition) is 0. The van der Waals surface area contributed by atoms with Crippen molar-refractivity contribution < 1.29 is 0 Å². The zero-order valence-electron chi connectivity index (χ0n) is 8.73. The summed E-state index contributed by atoms with van der Waals surface area (Å²) in [5.74, 6) is 0. The van der Waals surface area contributed by atoms with Gasteiger partial charge in [0.05, 0.1) is 5.69 Å². The van der Waals surface area contributed by atoms with Gasteiger partial charge in [-0.3, -0.25) is 0 Å². The van der Waals surface area contributed by atoms with Gasteiger partial charge >= 0.3 is 0 Å². The van der Waals surface area contributed by atoms with Crippen molar-refractivity contribution >= 4 is 17.6 Å². The van der Waals surface area contributed by atoms with Crippen LogP contribution in [0.4, 0.5) is 0 Å². The Balaban J connectivity index is 2.32. The second-order valence-corrected chi connectivity index (χ2v) is 4.21. The van der Waals surface area contributed by atoms with Gasteiger partial charge in [-0.15, -0.1) is 0 Å². The van der Waals surface area contributed by atoms with Crippen LogP contribution in [0.1, 0.15) is 17.4 Å². The van der Waals surface area contributed by atoms with E-state index in [1.807, 2.05) is 6.08 Å². The van der Waals surface area contributed by atoms with Crippen LogP contribution in [0, 0.1) is 0 Å². The van der Waals surface area contributed by atoms with Gasteiger partial charge in [0, 0.05) is 10.4 Å². The molecule has 0 bridgehead atoms. The van der Waals surface area contributed by atoms with E-state index >= 15 is 0 Å². The van der Waals surface area contributed by atoms with Crippen molar-refractivity contribution in [2.24, 2.45) is 0 Å². The van der Waals surface area contributed by atoms with Crippen molar-refractivity contribution in [3.8, 4) is 11.3 Å². The molecule has 2 heteroatoms. The first kappa shape index (κ1) is 10.1. The molecule has 0 atom stereocenters. The highest BCUT2D eigenvalue weighted by Gasteiger charge is 2.01. The summed E-state index contributed by atoms with van der Waals surface area (Å²) in [6.07, 6.45) is 2.91. The molecule has 0 spiro atoms. The maximum Gasteiger partial charge on any atom is 0.0846 e. The van der Waals surface area contributed by atoms with E-state index in [2.05, 4.69) is 48.2 Å². The minimum atomic E-state index is 1.04. The Labute approximate surface area is 94.3 Å². The SMILES string of the molecule is C=Cc1cc(-c2ccc(CC)cc2)ns1. The van der Waals surface area contributed by atoms with Crippen LogP contribution in [0.3, 0.4) is 0 Å². The standard InChI is InChI=1S/C13H13NS/c1-3-10-5-7-11(8-6-10)13-9-12(4-2)15-14-13/h4-9H,2-3H2,1H3. The average molecular weight is 215 g/mol. The van der Waals surface area contributed by atoms with Crippen molar-refractivity contribution in [3.05, 3.63) is 47.4 Å². The van der Waals surface area contributed by atoms with E-state index in [1.54, 1.807) is 0 Å². The molecule has 2 aromatic rings. The summed E-state index contributed by atoms with van der Waals surface area (Å²) in [5.41, 5.74) is 3.58. The van der Waals surface area contributed by atoms with Gasteiger partial charge in [-0.1, -0.05) is 43.8 Å². The third-order valence-electron chi connectivity index (χ3n) is 2.39. The van der Waals surface area contributed by atoms with E-state index in [-0.39, 0.29) is 0 Å². The monoisotopic (exact) mass is 215 g/mol. The lowest BCUT2D eigenvalue weighted by molar-refractivity contribution is 1.14. The van der Waals surface area contributed by atoms with Crippen LogP contribution in [-0.4, -0.2) is 4.37 Å². The largest absolute Gasteiger partial charge is 0.192 e. The van der Waals surface area contributed by atoms with E-state index in [9.17, 15) is 0 Å². The number of nitrogens with zero attached hydrogens (tertiary/aromatic N) is 1. The molecule has 0 N–H and O–H groups in total. The predicted molar refractivity (Wildman–Crippen MR) is 67.0 cm³/mol. The average Bonchev–Trinajstić information content (AvgIpc) is 2.78. The zero-order chi connectivity index (χ0) is 10.7. The summed E-state index contributed by atoms with van der Waals surface area (Å²) in [6, 6.07) is 10.6. The lowest BCUT2D eigenvalue weighted by atomic mass is 10.1. The van der Waals surface area contributed by atoms with Gasteiger partial charge in [-0.05, 0) is 29.6 Å². The Bertz CT molecular complexity index is 454. The van der Waals surface area contributed by atoms with Crippen molar-refractivity contribution in [2.75, 3.05) is 0 Å². The molecular formula is C13H13NS. The third-order valence-corrected chi connectivity index (χ3v) is 3.17. The summed E-state index contributed by atoms with van der Waals surface area (Å²) < 4.78 is 4.38. The molecule has 1 heterocycles. The molecule has 0 radical (unpaired) electrons. The minimum Gasteiger partial charge on any atom is -0.192 e. The Hall–Kier alpha value is -1.41. The first-order valence-electron chi connectivity index (χ1n) is 5.02. The summed E-state index contributed by atoms with van der Waals surface area (Å²) >= 11 is 1.49. The molecule has 1 nitrogen and oxygen atoms in total. The Kier molecular flexibility index (Phi) is 2.97. The van der Waals surface area contributed by atoms with E-state index < -0.39 is 0 Å². The van der Waals surface area contributed by atoms with Crippen LogP contribution in [-0.2, 0) is 6.42 Å². The highest BCUT2D eigenvalue weighted by Crippen LogP contribution is 2.22. The number of benzene rings is 1. The van der Waals surface area contributed by atoms with Crippen LogP contribution in [0.15, 0.2) is 36.9 Å². The Morgan fingerprint density at radius 2 is 2.07 bits per heavy atom. The van der Waals surface area contributed by atoms with Crippen LogP contribution >= 0.6 is 11.5 Å². The van der Waals surface area contributed by atoms with Crippen molar-refractivity contribution in [1.82, 2.24) is 4.37 Å². The molecule has 0 aliphatic heterocycles. The van der Waals surface area contributed by atoms with Crippen molar-refractivity contribution in [3.63, 3.8) is 0 Å². The van der Waals surface area contributed by atoms with Gasteiger partial charge in [-0.25, -0.2) is 0 Å². The topological polar surface area (TPSA) is 12.9 Å². The summed E-state index contributed by atoms with van der Waals surface area (Å²) in [4.78, 5) is 1.12. The highest BCUT2D eigenvalue weighted by molar-refractivity contribution is 7.07. The van der Waals surface area contributed by atoms with Crippen LogP contribution < -0.4 is 0 Å². The number of aryl methyl sites for hydroxylation is 1. The fourth-order valence-corrected chi connectivity index (χ4v) is 2.03. The quantitative estimate of drug-likeness (QED) is 0.753. The van der Waals surface area contributed by atoms with Gasteiger partial charge in [-0.2, -0.15) is 4.37 Å². The van der Waals surface area contributed by atoms with E-state index in [0.29, 0.717) is 0 Å². The molecule has 0 saturated heterocycles. The molecule has 76 valence electrons. The van der Waals surface area contributed by atoms with Crippen molar-refractivity contribution in [2.45, 2.75) is 13.3 Å². The van der Waals surface area contributed by atoms with Gasteiger partial charge in [0.1, 0.15) is 0 Å². The smallest absolute Gasteiger partial charge is 0.0846 e. The number of hydrogen-bond acceptors (Lipinski definition) is 2. The maximum atomic E-state index is 4.38. The third kappa shape index (κ3) is 2.16. The Morgan fingerprint density at radius 1 is 1.33 bits per heavy atom. The molecule has 2 rings (SSSR count). The fraction of sp³-hybridized carbons (Fsp3) is 0.154. The normalized spacial score (nSPS) is 10.2. The second-order valence-electron chi connectivity index (χ2n) is 3.37. The summed E-state index contributed by atoms with van der Waals surface area (Å²) in [5, 5.41) is 0. The molecular weight excluding hydrogens is 202 g/mol. The first-order chi connectivity index (χ1) is 7.33.